The van der Waals surface area contributed by atoms with E-state index in [1.54, 1.807) is 6.92 Å². The Morgan fingerprint density at radius 2 is 1.88 bits per heavy atom. The maximum absolute atomic E-state index is 12.7. The SMILES string of the molecule is CCCn1nc(C(=O)N[C@@H](c2ccccc2)[C@H](C)C(=O)OC)ccc1=O. The number of nitrogens with zero attached hydrogens (tertiary/aromatic N) is 2. The van der Waals surface area contributed by atoms with Gasteiger partial charge in [0, 0.05) is 12.6 Å². The van der Waals surface area contributed by atoms with Crippen molar-refractivity contribution in [3.8, 4) is 0 Å². The summed E-state index contributed by atoms with van der Waals surface area (Å²) >= 11 is 0. The van der Waals surface area contributed by atoms with E-state index in [0.29, 0.717) is 6.54 Å². The monoisotopic (exact) mass is 357 g/mol. The third kappa shape index (κ3) is 4.56. The molecule has 7 nitrogen and oxygen atoms in total. The fourth-order valence-corrected chi connectivity index (χ4v) is 2.64. The molecule has 0 radical (unpaired) electrons. The van der Waals surface area contributed by atoms with E-state index in [4.69, 9.17) is 4.74 Å². The molecule has 0 fully saturated rings. The van der Waals surface area contributed by atoms with Gasteiger partial charge < -0.3 is 10.1 Å². The van der Waals surface area contributed by atoms with Gasteiger partial charge in [-0.3, -0.25) is 14.4 Å². The maximum atomic E-state index is 12.7. The van der Waals surface area contributed by atoms with E-state index in [1.807, 2.05) is 37.3 Å². The first-order chi connectivity index (χ1) is 12.5. The molecule has 26 heavy (non-hydrogen) atoms. The van der Waals surface area contributed by atoms with E-state index in [2.05, 4.69) is 10.4 Å². The summed E-state index contributed by atoms with van der Waals surface area (Å²) in [5.41, 5.74) is 0.641. The maximum Gasteiger partial charge on any atom is 0.310 e. The van der Waals surface area contributed by atoms with E-state index in [-0.39, 0.29) is 11.3 Å². The van der Waals surface area contributed by atoms with Crippen LogP contribution in [0.1, 0.15) is 42.4 Å². The van der Waals surface area contributed by atoms with Gasteiger partial charge in [-0.25, -0.2) is 4.68 Å². The lowest BCUT2D eigenvalue weighted by Crippen LogP contribution is -2.37. The number of methoxy groups -OCH3 is 1. The summed E-state index contributed by atoms with van der Waals surface area (Å²) in [6, 6.07) is 11.3. The summed E-state index contributed by atoms with van der Waals surface area (Å²) in [6.07, 6.45) is 0.726. The van der Waals surface area contributed by atoms with Crippen molar-refractivity contribution in [2.24, 2.45) is 5.92 Å². The third-order valence-electron chi connectivity index (χ3n) is 4.05. The Labute approximate surface area is 152 Å². The normalized spacial score (nSPS) is 12.9. The van der Waals surface area contributed by atoms with Crippen molar-refractivity contribution in [1.29, 1.82) is 0 Å². The highest BCUT2D eigenvalue weighted by molar-refractivity contribution is 5.92. The second-order valence-corrected chi connectivity index (χ2v) is 5.95. The number of rotatable bonds is 7. The van der Waals surface area contributed by atoms with Crippen molar-refractivity contribution in [2.45, 2.75) is 32.9 Å². The van der Waals surface area contributed by atoms with Crippen LogP contribution in [0.3, 0.4) is 0 Å². The third-order valence-corrected chi connectivity index (χ3v) is 4.05. The van der Waals surface area contributed by atoms with Gasteiger partial charge in [0.2, 0.25) is 0 Å². The number of amides is 1. The van der Waals surface area contributed by atoms with Crippen LogP contribution in [0, 0.1) is 5.92 Å². The number of esters is 1. The molecule has 1 heterocycles. The van der Waals surface area contributed by atoms with Crippen LogP contribution in [0.2, 0.25) is 0 Å². The van der Waals surface area contributed by atoms with Gasteiger partial charge in [0.1, 0.15) is 5.69 Å². The van der Waals surface area contributed by atoms with E-state index in [0.717, 1.165) is 12.0 Å². The minimum atomic E-state index is -0.590. The first-order valence-electron chi connectivity index (χ1n) is 8.49. The van der Waals surface area contributed by atoms with E-state index < -0.39 is 23.8 Å². The summed E-state index contributed by atoms with van der Waals surface area (Å²) in [5.74, 6) is -1.48. The zero-order valence-electron chi connectivity index (χ0n) is 15.1. The summed E-state index contributed by atoms with van der Waals surface area (Å²) in [5, 5.41) is 6.94. The molecular formula is C19H23N3O4. The van der Waals surface area contributed by atoms with E-state index >= 15 is 0 Å². The van der Waals surface area contributed by atoms with Crippen molar-refractivity contribution in [3.05, 3.63) is 64.1 Å². The Kier molecular flexibility index (Phi) is 6.66. The predicted molar refractivity (Wildman–Crippen MR) is 96.6 cm³/mol. The standard InChI is InChI=1S/C19H23N3O4/c1-4-12-22-16(23)11-10-15(21-22)18(24)20-17(13(2)19(25)26-3)14-8-6-5-7-9-14/h5-11,13,17H,4,12H2,1-3H3,(H,20,24)/t13-,17+/m0/s1. The smallest absolute Gasteiger partial charge is 0.310 e. The second-order valence-electron chi connectivity index (χ2n) is 5.95. The van der Waals surface area contributed by atoms with Crippen molar-refractivity contribution in [3.63, 3.8) is 0 Å². The number of nitrogens with one attached hydrogen (secondary N) is 1. The van der Waals surface area contributed by atoms with Crippen molar-refractivity contribution >= 4 is 11.9 Å². The summed E-state index contributed by atoms with van der Waals surface area (Å²) in [7, 11) is 1.31. The molecule has 2 rings (SSSR count). The molecule has 1 amide bonds. The van der Waals surface area contributed by atoms with Gasteiger partial charge in [0.05, 0.1) is 19.1 Å². The molecule has 2 atom stereocenters. The Balaban J connectivity index is 2.30. The molecule has 0 saturated heterocycles. The second kappa shape index (κ2) is 8.94. The molecule has 1 N–H and O–H groups in total. The number of ether oxygens (including phenoxy) is 1. The highest BCUT2D eigenvalue weighted by Gasteiger charge is 2.28. The first-order valence-corrected chi connectivity index (χ1v) is 8.49. The van der Waals surface area contributed by atoms with E-state index in [1.165, 1.54) is 23.9 Å². The molecule has 0 unspecified atom stereocenters. The van der Waals surface area contributed by atoms with Crippen LogP contribution in [0.15, 0.2) is 47.3 Å². The van der Waals surface area contributed by atoms with Gasteiger partial charge in [0.25, 0.3) is 11.5 Å². The Morgan fingerprint density at radius 1 is 1.19 bits per heavy atom. The number of hydrogen-bond acceptors (Lipinski definition) is 5. The van der Waals surface area contributed by atoms with Gasteiger partial charge in [-0.1, -0.05) is 37.3 Å². The molecule has 1 aromatic heterocycles. The minimum absolute atomic E-state index is 0.121. The first kappa shape index (κ1) is 19.4. The molecule has 0 bridgehead atoms. The van der Waals surface area contributed by atoms with Crippen LogP contribution in [0.25, 0.3) is 0 Å². The zero-order valence-corrected chi connectivity index (χ0v) is 15.1. The molecule has 138 valence electrons. The molecule has 1 aromatic carbocycles. The molecule has 0 aliphatic heterocycles. The summed E-state index contributed by atoms with van der Waals surface area (Å²) < 4.78 is 6.08. The number of hydrogen-bond donors (Lipinski definition) is 1. The molecule has 2 aromatic rings. The summed E-state index contributed by atoms with van der Waals surface area (Å²) in [6.45, 7) is 4.04. The molecule has 0 saturated carbocycles. The Bertz CT molecular complexity index is 817. The van der Waals surface area contributed by atoms with Crippen molar-refractivity contribution in [2.75, 3.05) is 7.11 Å². The lowest BCUT2D eigenvalue weighted by molar-refractivity contribution is -0.145. The molecule has 7 heteroatoms. The molecular weight excluding hydrogens is 334 g/mol. The predicted octanol–water partition coefficient (Wildman–Crippen LogP) is 1.93. The number of carbonyl (C=O) groups is 2. The largest absolute Gasteiger partial charge is 0.469 e. The van der Waals surface area contributed by atoms with Crippen LogP contribution < -0.4 is 10.9 Å². The average Bonchev–Trinajstić information content (AvgIpc) is 2.67. The Morgan fingerprint density at radius 3 is 2.50 bits per heavy atom. The fraction of sp³-hybridized carbons (Fsp3) is 0.368. The highest BCUT2D eigenvalue weighted by Crippen LogP contribution is 2.23. The topological polar surface area (TPSA) is 90.3 Å². The number of aryl methyl sites for hydroxylation is 1. The lowest BCUT2D eigenvalue weighted by atomic mass is 9.94. The minimum Gasteiger partial charge on any atom is -0.469 e. The summed E-state index contributed by atoms with van der Waals surface area (Å²) in [4.78, 5) is 36.4. The van der Waals surface area contributed by atoms with Gasteiger partial charge in [0.15, 0.2) is 0 Å². The van der Waals surface area contributed by atoms with Crippen molar-refractivity contribution < 1.29 is 14.3 Å². The highest BCUT2D eigenvalue weighted by atomic mass is 16.5. The molecule has 0 aliphatic rings. The van der Waals surface area contributed by atoms with Gasteiger partial charge in [-0.05, 0) is 25.0 Å². The van der Waals surface area contributed by atoms with Crippen LogP contribution in [0.5, 0.6) is 0 Å². The fourth-order valence-electron chi connectivity index (χ4n) is 2.64. The quantitative estimate of drug-likeness (QED) is 0.765. The van der Waals surface area contributed by atoms with Crippen molar-refractivity contribution in [1.82, 2.24) is 15.1 Å². The van der Waals surface area contributed by atoms with E-state index in [9.17, 15) is 14.4 Å². The molecule has 0 spiro atoms. The van der Waals surface area contributed by atoms with Crippen LogP contribution >= 0.6 is 0 Å². The molecule has 0 aliphatic carbocycles. The zero-order chi connectivity index (χ0) is 19.1. The van der Waals surface area contributed by atoms with Crippen LogP contribution in [-0.2, 0) is 16.1 Å². The Hall–Kier alpha value is -2.96. The van der Waals surface area contributed by atoms with Gasteiger partial charge in [-0.2, -0.15) is 5.10 Å². The number of carbonyl (C=O) groups excluding carboxylic acids is 2. The van der Waals surface area contributed by atoms with Crippen LogP contribution in [0.4, 0.5) is 0 Å². The van der Waals surface area contributed by atoms with Gasteiger partial charge in [-0.15, -0.1) is 0 Å². The average molecular weight is 357 g/mol. The number of aromatic nitrogens is 2. The van der Waals surface area contributed by atoms with Gasteiger partial charge >= 0.3 is 5.97 Å². The number of benzene rings is 1. The van der Waals surface area contributed by atoms with Crippen LogP contribution in [-0.4, -0.2) is 28.8 Å². The lowest BCUT2D eigenvalue weighted by Gasteiger charge is -2.24.